The Bertz CT molecular complexity index is 819. The molecule has 0 bridgehead atoms. The molecule has 0 spiro atoms. The number of hydrogen-bond donors (Lipinski definition) is 2. The maximum atomic E-state index is 12.1. The van der Waals surface area contributed by atoms with Gasteiger partial charge in [-0.05, 0) is 53.8 Å². The van der Waals surface area contributed by atoms with Crippen molar-refractivity contribution in [3.8, 4) is 5.75 Å². The van der Waals surface area contributed by atoms with Gasteiger partial charge in [0.1, 0.15) is 5.75 Å². The van der Waals surface area contributed by atoms with Crippen molar-refractivity contribution in [1.82, 2.24) is 10.3 Å². The first kappa shape index (κ1) is 15.2. The summed E-state index contributed by atoms with van der Waals surface area (Å²) < 4.78 is 5.11. The Hall–Kier alpha value is -2.75. The van der Waals surface area contributed by atoms with E-state index in [1.807, 2.05) is 43.3 Å². The van der Waals surface area contributed by atoms with Gasteiger partial charge in [0, 0.05) is 17.8 Å². The number of amides is 1. The van der Waals surface area contributed by atoms with Crippen molar-refractivity contribution in [2.75, 3.05) is 7.11 Å². The van der Waals surface area contributed by atoms with Gasteiger partial charge in [0.05, 0.1) is 13.5 Å². The number of methoxy groups -OCH3 is 1. The Morgan fingerprint density at radius 2 is 1.83 bits per heavy atom. The molecule has 1 aromatic heterocycles. The van der Waals surface area contributed by atoms with Crippen molar-refractivity contribution in [1.29, 1.82) is 0 Å². The molecule has 4 nitrogen and oxygen atoms in total. The average molecular weight is 308 g/mol. The van der Waals surface area contributed by atoms with Gasteiger partial charge in [-0.3, -0.25) is 4.79 Å². The first-order chi connectivity index (χ1) is 11.1. The molecule has 118 valence electrons. The van der Waals surface area contributed by atoms with Gasteiger partial charge in [-0.2, -0.15) is 0 Å². The standard InChI is InChI=1S/C19H20N2O2/c1-13-9-16-10-15(5-8-18(16)21-13)12-20-19(22)11-14-3-6-17(23-2)7-4-14/h3-10,21H,11-12H2,1-2H3,(H,20,22). The first-order valence-corrected chi connectivity index (χ1v) is 7.62. The summed E-state index contributed by atoms with van der Waals surface area (Å²) in [4.78, 5) is 15.4. The fourth-order valence-corrected chi connectivity index (χ4v) is 2.63. The monoisotopic (exact) mass is 308 g/mol. The second-order valence-corrected chi connectivity index (χ2v) is 5.68. The third-order valence-corrected chi connectivity index (χ3v) is 3.83. The van der Waals surface area contributed by atoms with Crippen LogP contribution in [0.5, 0.6) is 5.75 Å². The molecule has 23 heavy (non-hydrogen) atoms. The Morgan fingerprint density at radius 3 is 2.57 bits per heavy atom. The summed E-state index contributed by atoms with van der Waals surface area (Å²) in [6, 6.07) is 15.8. The summed E-state index contributed by atoms with van der Waals surface area (Å²) >= 11 is 0. The van der Waals surface area contributed by atoms with Crippen molar-refractivity contribution >= 4 is 16.8 Å². The fourth-order valence-electron chi connectivity index (χ4n) is 2.63. The lowest BCUT2D eigenvalue weighted by Crippen LogP contribution is -2.24. The number of aromatic amines is 1. The maximum Gasteiger partial charge on any atom is 0.224 e. The minimum Gasteiger partial charge on any atom is -0.497 e. The van der Waals surface area contributed by atoms with Crippen LogP contribution in [0.2, 0.25) is 0 Å². The summed E-state index contributed by atoms with van der Waals surface area (Å²) in [6.07, 6.45) is 0.371. The number of fused-ring (bicyclic) bond motifs is 1. The number of benzene rings is 2. The quantitative estimate of drug-likeness (QED) is 0.759. The van der Waals surface area contributed by atoms with Gasteiger partial charge in [0.15, 0.2) is 0 Å². The lowest BCUT2D eigenvalue weighted by atomic mass is 10.1. The summed E-state index contributed by atoms with van der Waals surface area (Å²) in [5.74, 6) is 0.810. The van der Waals surface area contributed by atoms with E-state index < -0.39 is 0 Å². The van der Waals surface area contributed by atoms with Gasteiger partial charge in [-0.15, -0.1) is 0 Å². The van der Waals surface area contributed by atoms with Gasteiger partial charge in [-0.1, -0.05) is 18.2 Å². The molecule has 4 heteroatoms. The van der Waals surface area contributed by atoms with Crippen molar-refractivity contribution in [3.63, 3.8) is 0 Å². The molecule has 0 saturated heterocycles. The zero-order valence-electron chi connectivity index (χ0n) is 13.3. The highest BCUT2D eigenvalue weighted by Crippen LogP contribution is 2.17. The van der Waals surface area contributed by atoms with E-state index in [2.05, 4.69) is 22.4 Å². The van der Waals surface area contributed by atoms with Crippen LogP contribution in [0.15, 0.2) is 48.5 Å². The number of nitrogens with one attached hydrogen (secondary N) is 2. The van der Waals surface area contributed by atoms with Crippen LogP contribution in [-0.2, 0) is 17.8 Å². The molecule has 0 atom stereocenters. The largest absolute Gasteiger partial charge is 0.497 e. The SMILES string of the molecule is COc1ccc(CC(=O)NCc2ccc3[nH]c(C)cc3c2)cc1. The highest BCUT2D eigenvalue weighted by atomic mass is 16.5. The van der Waals surface area contributed by atoms with Gasteiger partial charge in [0.2, 0.25) is 5.91 Å². The van der Waals surface area contributed by atoms with Crippen LogP contribution in [-0.4, -0.2) is 18.0 Å². The minimum absolute atomic E-state index is 0.0144. The number of aryl methyl sites for hydroxylation is 1. The number of carbonyl (C=O) groups is 1. The zero-order chi connectivity index (χ0) is 16.2. The minimum atomic E-state index is 0.0144. The lowest BCUT2D eigenvalue weighted by Gasteiger charge is -2.06. The van der Waals surface area contributed by atoms with Gasteiger partial charge in [0.25, 0.3) is 0 Å². The second kappa shape index (κ2) is 6.57. The predicted molar refractivity (Wildman–Crippen MR) is 91.6 cm³/mol. The van der Waals surface area contributed by atoms with E-state index >= 15 is 0 Å². The predicted octanol–water partition coefficient (Wildman–Crippen LogP) is 3.34. The second-order valence-electron chi connectivity index (χ2n) is 5.68. The van der Waals surface area contributed by atoms with Gasteiger partial charge < -0.3 is 15.0 Å². The van der Waals surface area contributed by atoms with Crippen LogP contribution < -0.4 is 10.1 Å². The third kappa shape index (κ3) is 3.72. The normalized spacial score (nSPS) is 10.7. The number of hydrogen-bond acceptors (Lipinski definition) is 2. The lowest BCUT2D eigenvalue weighted by molar-refractivity contribution is -0.120. The molecule has 3 rings (SSSR count). The molecule has 0 fully saturated rings. The molecule has 2 N–H and O–H groups in total. The molecule has 0 aliphatic heterocycles. The van der Waals surface area contributed by atoms with Crippen molar-refractivity contribution in [2.24, 2.45) is 0 Å². The highest BCUT2D eigenvalue weighted by molar-refractivity contribution is 5.81. The molecule has 1 heterocycles. The molecule has 0 unspecified atom stereocenters. The number of aromatic nitrogens is 1. The van der Waals surface area contributed by atoms with Crippen LogP contribution in [0.3, 0.4) is 0 Å². The van der Waals surface area contributed by atoms with E-state index in [4.69, 9.17) is 4.74 Å². The Morgan fingerprint density at radius 1 is 1.09 bits per heavy atom. The Kier molecular flexibility index (Phi) is 4.33. The number of ether oxygens (including phenoxy) is 1. The molecule has 0 radical (unpaired) electrons. The van der Waals surface area contributed by atoms with Gasteiger partial charge in [-0.25, -0.2) is 0 Å². The number of rotatable bonds is 5. The van der Waals surface area contributed by atoms with Crippen LogP contribution in [0.1, 0.15) is 16.8 Å². The fraction of sp³-hybridized carbons (Fsp3) is 0.211. The summed E-state index contributed by atoms with van der Waals surface area (Å²) in [5.41, 5.74) is 4.33. The summed E-state index contributed by atoms with van der Waals surface area (Å²) in [5, 5.41) is 4.14. The first-order valence-electron chi connectivity index (χ1n) is 7.62. The van der Waals surface area contributed by atoms with E-state index in [1.54, 1.807) is 7.11 Å². The smallest absolute Gasteiger partial charge is 0.224 e. The van der Waals surface area contributed by atoms with E-state index in [0.29, 0.717) is 13.0 Å². The van der Waals surface area contributed by atoms with Crippen molar-refractivity contribution in [2.45, 2.75) is 19.9 Å². The average Bonchev–Trinajstić information content (AvgIpc) is 2.93. The summed E-state index contributed by atoms with van der Waals surface area (Å²) in [6.45, 7) is 2.57. The number of H-pyrrole nitrogens is 1. The molecular weight excluding hydrogens is 288 g/mol. The molecule has 2 aromatic carbocycles. The molecule has 0 aliphatic rings. The van der Waals surface area contributed by atoms with Crippen LogP contribution in [0, 0.1) is 6.92 Å². The topological polar surface area (TPSA) is 54.1 Å². The van der Waals surface area contributed by atoms with Gasteiger partial charge >= 0.3 is 0 Å². The molecule has 1 amide bonds. The molecular formula is C19H20N2O2. The number of carbonyl (C=O) groups excluding carboxylic acids is 1. The third-order valence-electron chi connectivity index (χ3n) is 3.83. The molecule has 0 saturated carbocycles. The Balaban J connectivity index is 1.58. The van der Waals surface area contributed by atoms with Crippen molar-refractivity contribution < 1.29 is 9.53 Å². The van der Waals surface area contributed by atoms with E-state index in [0.717, 1.165) is 28.1 Å². The van der Waals surface area contributed by atoms with E-state index in [1.165, 1.54) is 5.39 Å². The molecule has 0 aliphatic carbocycles. The van der Waals surface area contributed by atoms with Crippen LogP contribution >= 0.6 is 0 Å². The van der Waals surface area contributed by atoms with E-state index in [-0.39, 0.29) is 5.91 Å². The van der Waals surface area contributed by atoms with E-state index in [9.17, 15) is 4.79 Å². The Labute approximate surface area is 135 Å². The van der Waals surface area contributed by atoms with Crippen LogP contribution in [0.25, 0.3) is 10.9 Å². The zero-order valence-corrected chi connectivity index (χ0v) is 13.3. The maximum absolute atomic E-state index is 12.1. The molecule has 3 aromatic rings. The summed E-state index contributed by atoms with van der Waals surface area (Å²) in [7, 11) is 1.63. The highest BCUT2D eigenvalue weighted by Gasteiger charge is 2.05. The van der Waals surface area contributed by atoms with Crippen LogP contribution in [0.4, 0.5) is 0 Å². The van der Waals surface area contributed by atoms with Crippen molar-refractivity contribution in [3.05, 3.63) is 65.4 Å².